The van der Waals surface area contributed by atoms with Gasteiger partial charge in [0.1, 0.15) is 5.69 Å². The molecule has 2 aromatic carbocycles. The first-order valence-electron chi connectivity index (χ1n) is 6.89. The SMILES string of the molecule is O=S(=O)(Cc1ccccc1Cl)Nc1cc(-c2ccc(Cl)cc2)no1. The van der Waals surface area contributed by atoms with Crippen molar-refractivity contribution in [2.24, 2.45) is 0 Å². The molecule has 0 amide bonds. The van der Waals surface area contributed by atoms with E-state index in [1.54, 1.807) is 48.5 Å². The summed E-state index contributed by atoms with van der Waals surface area (Å²) in [6, 6.07) is 15.2. The Balaban J connectivity index is 1.76. The summed E-state index contributed by atoms with van der Waals surface area (Å²) in [4.78, 5) is 0. The fourth-order valence-electron chi connectivity index (χ4n) is 2.09. The highest BCUT2D eigenvalue weighted by Crippen LogP contribution is 2.25. The fraction of sp³-hybridized carbons (Fsp3) is 0.0625. The van der Waals surface area contributed by atoms with E-state index in [1.165, 1.54) is 6.07 Å². The zero-order valence-electron chi connectivity index (χ0n) is 12.2. The summed E-state index contributed by atoms with van der Waals surface area (Å²) in [5, 5.41) is 4.84. The number of nitrogens with zero attached hydrogens (tertiary/aromatic N) is 1. The van der Waals surface area contributed by atoms with E-state index in [0.29, 0.717) is 21.3 Å². The second-order valence-electron chi connectivity index (χ2n) is 5.04. The Morgan fingerprint density at radius 2 is 1.75 bits per heavy atom. The molecule has 0 spiro atoms. The maximum absolute atomic E-state index is 12.2. The lowest BCUT2D eigenvalue weighted by Gasteiger charge is -2.06. The number of halogens is 2. The van der Waals surface area contributed by atoms with Gasteiger partial charge >= 0.3 is 0 Å². The summed E-state index contributed by atoms with van der Waals surface area (Å²) in [6.07, 6.45) is 0. The van der Waals surface area contributed by atoms with Gasteiger partial charge in [0.05, 0.1) is 5.75 Å². The normalized spacial score (nSPS) is 11.4. The molecule has 0 bridgehead atoms. The number of rotatable bonds is 5. The first-order valence-corrected chi connectivity index (χ1v) is 9.30. The number of hydrogen-bond donors (Lipinski definition) is 1. The Morgan fingerprint density at radius 3 is 2.46 bits per heavy atom. The van der Waals surface area contributed by atoms with Crippen LogP contribution in [-0.4, -0.2) is 13.6 Å². The van der Waals surface area contributed by atoms with Crippen molar-refractivity contribution >= 4 is 39.1 Å². The number of sulfonamides is 1. The fourth-order valence-corrected chi connectivity index (χ4v) is 3.63. The van der Waals surface area contributed by atoms with Crippen molar-refractivity contribution in [3.8, 4) is 11.3 Å². The summed E-state index contributed by atoms with van der Waals surface area (Å²) in [7, 11) is -3.68. The second kappa shape index (κ2) is 6.84. The minimum Gasteiger partial charge on any atom is -0.337 e. The van der Waals surface area contributed by atoms with Crippen molar-refractivity contribution in [1.29, 1.82) is 0 Å². The van der Waals surface area contributed by atoms with Crippen molar-refractivity contribution < 1.29 is 12.9 Å². The third kappa shape index (κ3) is 4.08. The predicted octanol–water partition coefficient (Wildman–Crippen LogP) is 4.59. The van der Waals surface area contributed by atoms with Gasteiger partial charge in [-0.15, -0.1) is 0 Å². The van der Waals surface area contributed by atoms with Gasteiger partial charge in [0.25, 0.3) is 0 Å². The van der Waals surface area contributed by atoms with Crippen molar-refractivity contribution in [2.45, 2.75) is 5.75 Å². The summed E-state index contributed by atoms with van der Waals surface area (Å²) in [5.41, 5.74) is 1.77. The molecule has 0 aliphatic heterocycles. The van der Waals surface area contributed by atoms with Gasteiger partial charge in [-0.2, -0.15) is 0 Å². The Bertz CT molecular complexity index is 953. The molecule has 0 unspecified atom stereocenters. The third-order valence-electron chi connectivity index (χ3n) is 3.21. The summed E-state index contributed by atoms with van der Waals surface area (Å²) < 4.78 is 31.9. The number of aromatic nitrogens is 1. The lowest BCUT2D eigenvalue weighted by atomic mass is 10.1. The van der Waals surface area contributed by atoms with Crippen LogP contribution in [0.5, 0.6) is 0 Å². The van der Waals surface area contributed by atoms with Gasteiger partial charge in [-0.25, -0.2) is 8.42 Å². The molecular weight excluding hydrogens is 371 g/mol. The van der Waals surface area contributed by atoms with Crippen LogP contribution >= 0.6 is 23.2 Å². The first kappa shape index (κ1) is 16.8. The zero-order chi connectivity index (χ0) is 17.2. The predicted molar refractivity (Wildman–Crippen MR) is 94.6 cm³/mol. The largest absolute Gasteiger partial charge is 0.337 e. The topological polar surface area (TPSA) is 72.2 Å². The molecule has 0 saturated heterocycles. The third-order valence-corrected chi connectivity index (χ3v) is 5.03. The Labute approximate surface area is 149 Å². The molecule has 0 aliphatic rings. The molecule has 0 radical (unpaired) electrons. The van der Waals surface area contributed by atoms with Crippen molar-refractivity contribution in [1.82, 2.24) is 5.16 Å². The average Bonchev–Trinajstić information content (AvgIpc) is 2.98. The summed E-state index contributed by atoms with van der Waals surface area (Å²) in [5.74, 6) is -0.226. The smallest absolute Gasteiger partial charge is 0.239 e. The van der Waals surface area contributed by atoms with Crippen LogP contribution < -0.4 is 4.72 Å². The van der Waals surface area contributed by atoms with Gasteiger partial charge in [0, 0.05) is 21.7 Å². The van der Waals surface area contributed by atoms with E-state index < -0.39 is 10.0 Å². The highest BCUT2D eigenvalue weighted by Gasteiger charge is 2.17. The average molecular weight is 383 g/mol. The van der Waals surface area contributed by atoms with E-state index in [9.17, 15) is 8.42 Å². The molecule has 24 heavy (non-hydrogen) atoms. The van der Waals surface area contributed by atoms with Gasteiger partial charge in [-0.05, 0) is 23.8 Å². The molecule has 3 aromatic rings. The molecule has 1 heterocycles. The van der Waals surface area contributed by atoms with Crippen LogP contribution in [0.1, 0.15) is 5.56 Å². The van der Waals surface area contributed by atoms with Crippen LogP contribution in [0.25, 0.3) is 11.3 Å². The minimum atomic E-state index is -3.68. The van der Waals surface area contributed by atoms with E-state index in [-0.39, 0.29) is 11.6 Å². The Hall–Kier alpha value is -2.02. The van der Waals surface area contributed by atoms with Gasteiger partial charge in [-0.3, -0.25) is 4.72 Å². The minimum absolute atomic E-state index is 0.0343. The molecule has 0 saturated carbocycles. The lowest BCUT2D eigenvalue weighted by Crippen LogP contribution is -2.14. The van der Waals surface area contributed by atoms with Crippen molar-refractivity contribution in [2.75, 3.05) is 4.72 Å². The molecule has 3 rings (SSSR count). The van der Waals surface area contributed by atoms with E-state index in [0.717, 1.165) is 5.56 Å². The molecule has 8 heteroatoms. The van der Waals surface area contributed by atoms with Crippen molar-refractivity contribution in [3.63, 3.8) is 0 Å². The van der Waals surface area contributed by atoms with E-state index in [4.69, 9.17) is 27.7 Å². The standard InChI is InChI=1S/C16H12Cl2N2O3S/c17-13-7-5-11(6-8-13)15-9-16(23-19-15)20-24(21,22)10-12-3-1-2-4-14(12)18/h1-9,20H,10H2. The highest BCUT2D eigenvalue weighted by molar-refractivity contribution is 7.91. The first-order chi connectivity index (χ1) is 11.4. The van der Waals surface area contributed by atoms with Crippen LogP contribution in [0.2, 0.25) is 10.0 Å². The maximum atomic E-state index is 12.2. The number of hydrogen-bond acceptors (Lipinski definition) is 4. The van der Waals surface area contributed by atoms with Gasteiger partial charge in [0.2, 0.25) is 15.9 Å². The molecule has 5 nitrogen and oxygen atoms in total. The Morgan fingerprint density at radius 1 is 1.04 bits per heavy atom. The molecule has 0 aliphatic carbocycles. The van der Waals surface area contributed by atoms with Gasteiger partial charge in [0.15, 0.2) is 0 Å². The Kier molecular flexibility index (Phi) is 4.80. The number of anilines is 1. The zero-order valence-corrected chi connectivity index (χ0v) is 14.6. The van der Waals surface area contributed by atoms with E-state index in [1.807, 2.05) is 0 Å². The van der Waals surface area contributed by atoms with Gasteiger partial charge < -0.3 is 4.52 Å². The van der Waals surface area contributed by atoms with E-state index >= 15 is 0 Å². The molecular formula is C16H12Cl2N2O3S. The second-order valence-corrected chi connectivity index (χ2v) is 7.60. The summed E-state index contributed by atoms with van der Waals surface area (Å²) >= 11 is 11.8. The van der Waals surface area contributed by atoms with Crippen molar-refractivity contribution in [3.05, 3.63) is 70.2 Å². The molecule has 1 N–H and O–H groups in total. The summed E-state index contributed by atoms with van der Waals surface area (Å²) in [6.45, 7) is 0. The molecule has 0 atom stereocenters. The highest BCUT2D eigenvalue weighted by atomic mass is 35.5. The van der Waals surface area contributed by atoms with Crippen LogP contribution in [0, 0.1) is 0 Å². The number of benzene rings is 2. The number of nitrogens with one attached hydrogen (secondary N) is 1. The van der Waals surface area contributed by atoms with E-state index in [2.05, 4.69) is 9.88 Å². The lowest BCUT2D eigenvalue weighted by molar-refractivity contribution is 0.438. The maximum Gasteiger partial charge on any atom is 0.239 e. The quantitative estimate of drug-likeness (QED) is 0.700. The van der Waals surface area contributed by atoms with Crippen LogP contribution in [0.15, 0.2) is 59.1 Å². The molecule has 0 fully saturated rings. The van der Waals surface area contributed by atoms with Gasteiger partial charge in [-0.1, -0.05) is 58.7 Å². The van der Waals surface area contributed by atoms with Crippen LogP contribution in [0.3, 0.4) is 0 Å². The van der Waals surface area contributed by atoms with Crippen LogP contribution in [-0.2, 0) is 15.8 Å². The monoisotopic (exact) mass is 382 g/mol. The van der Waals surface area contributed by atoms with Crippen LogP contribution in [0.4, 0.5) is 5.88 Å². The molecule has 124 valence electrons. The molecule has 1 aromatic heterocycles.